The van der Waals surface area contributed by atoms with Crippen molar-refractivity contribution in [2.24, 2.45) is 5.73 Å². The van der Waals surface area contributed by atoms with Crippen LogP contribution in [0.25, 0.3) is 0 Å². The molecule has 56 heavy (non-hydrogen) atoms. The Morgan fingerprint density at radius 2 is 1.00 bits per heavy atom. The van der Waals surface area contributed by atoms with Crippen molar-refractivity contribution in [3.63, 3.8) is 0 Å². The van der Waals surface area contributed by atoms with E-state index in [1.165, 1.54) is 19.3 Å². The number of ether oxygens (including phenoxy) is 2. The molecular formula is C44H72NO10P. The van der Waals surface area contributed by atoms with Crippen LogP contribution in [-0.2, 0) is 37.5 Å². The van der Waals surface area contributed by atoms with Gasteiger partial charge in [0.25, 0.3) is 0 Å². The number of unbranched alkanes of at least 4 members (excludes halogenated alkanes) is 9. The highest BCUT2D eigenvalue weighted by Gasteiger charge is 2.28. The average Bonchev–Trinajstić information content (AvgIpc) is 3.17. The second kappa shape index (κ2) is 38.5. The van der Waals surface area contributed by atoms with Gasteiger partial charge in [-0.3, -0.25) is 23.4 Å². The fraction of sp³-hybridized carbons (Fsp3) is 0.614. The molecule has 0 aliphatic rings. The summed E-state index contributed by atoms with van der Waals surface area (Å²) in [5.74, 6) is -2.47. The highest BCUT2D eigenvalue weighted by Crippen LogP contribution is 2.43. The average molecular weight is 806 g/mol. The number of aliphatic carboxylic acids is 1. The first-order valence-corrected chi connectivity index (χ1v) is 22.1. The van der Waals surface area contributed by atoms with Crippen LogP contribution in [0.4, 0.5) is 0 Å². The zero-order valence-corrected chi connectivity index (χ0v) is 35.1. The summed E-state index contributed by atoms with van der Waals surface area (Å²) in [4.78, 5) is 45.9. The molecule has 3 atom stereocenters. The van der Waals surface area contributed by atoms with Crippen LogP contribution in [0.5, 0.6) is 0 Å². The number of hydrogen-bond donors (Lipinski definition) is 3. The Morgan fingerprint density at radius 3 is 1.52 bits per heavy atom. The summed E-state index contributed by atoms with van der Waals surface area (Å²) in [5, 5.41) is 8.88. The first-order chi connectivity index (χ1) is 27.1. The van der Waals surface area contributed by atoms with Crippen LogP contribution in [0.2, 0.25) is 0 Å². The van der Waals surface area contributed by atoms with Crippen molar-refractivity contribution in [2.45, 2.75) is 154 Å². The van der Waals surface area contributed by atoms with E-state index in [0.29, 0.717) is 12.8 Å². The SMILES string of the molecule is CC/C=C/C/C=C/C/C=C/C/C=C/CCCCC(=O)O[C@H](COC(=O)CCCCCC/C=C/C/C=C/C/C=C/CCCCC)COP(=O)(O)OC[C@H](N)C(=O)O. The number of phosphoric acid groups is 1. The summed E-state index contributed by atoms with van der Waals surface area (Å²) in [6, 6.07) is -1.54. The molecule has 0 aromatic carbocycles. The van der Waals surface area contributed by atoms with Gasteiger partial charge in [0, 0.05) is 12.8 Å². The number of hydrogen-bond acceptors (Lipinski definition) is 9. The van der Waals surface area contributed by atoms with Crippen LogP contribution in [0, 0.1) is 0 Å². The smallest absolute Gasteiger partial charge is 0.472 e. The molecule has 0 radical (unpaired) electrons. The lowest BCUT2D eigenvalue weighted by Gasteiger charge is -2.20. The summed E-state index contributed by atoms with van der Waals surface area (Å²) in [7, 11) is -4.74. The lowest BCUT2D eigenvalue weighted by atomic mass is 10.1. The minimum atomic E-state index is -4.74. The normalized spacial score (nSPS) is 14.6. The van der Waals surface area contributed by atoms with Crippen LogP contribution in [0.1, 0.15) is 142 Å². The number of allylic oxidation sites excluding steroid dienone is 14. The van der Waals surface area contributed by atoms with E-state index in [9.17, 15) is 23.8 Å². The Hall–Kier alpha value is -3.34. The largest absolute Gasteiger partial charge is 0.480 e. The zero-order valence-electron chi connectivity index (χ0n) is 34.2. The Morgan fingerprint density at radius 1 is 0.571 bits per heavy atom. The molecule has 0 rings (SSSR count). The predicted octanol–water partition coefficient (Wildman–Crippen LogP) is 10.7. The van der Waals surface area contributed by atoms with E-state index < -0.39 is 51.1 Å². The molecule has 0 aliphatic carbocycles. The van der Waals surface area contributed by atoms with Gasteiger partial charge in [-0.05, 0) is 89.9 Å². The maximum Gasteiger partial charge on any atom is 0.472 e. The lowest BCUT2D eigenvalue weighted by molar-refractivity contribution is -0.161. The molecular weight excluding hydrogens is 733 g/mol. The minimum Gasteiger partial charge on any atom is -0.480 e. The molecule has 0 saturated carbocycles. The van der Waals surface area contributed by atoms with Crippen molar-refractivity contribution in [3.8, 4) is 0 Å². The van der Waals surface area contributed by atoms with Gasteiger partial charge in [0.1, 0.15) is 12.6 Å². The van der Waals surface area contributed by atoms with Crippen molar-refractivity contribution in [3.05, 3.63) is 85.1 Å². The summed E-state index contributed by atoms with van der Waals surface area (Å²) < 4.78 is 32.6. The van der Waals surface area contributed by atoms with E-state index in [1.54, 1.807) is 0 Å². The van der Waals surface area contributed by atoms with Crippen molar-refractivity contribution in [2.75, 3.05) is 19.8 Å². The van der Waals surface area contributed by atoms with Crippen molar-refractivity contribution < 1.29 is 47.5 Å². The van der Waals surface area contributed by atoms with Gasteiger partial charge in [0.05, 0.1) is 13.2 Å². The van der Waals surface area contributed by atoms with Gasteiger partial charge >= 0.3 is 25.7 Å². The number of esters is 2. The molecule has 0 spiro atoms. The van der Waals surface area contributed by atoms with E-state index in [-0.39, 0.29) is 19.4 Å². The van der Waals surface area contributed by atoms with E-state index in [4.69, 9.17) is 24.8 Å². The minimum absolute atomic E-state index is 0.0987. The molecule has 12 heteroatoms. The van der Waals surface area contributed by atoms with E-state index in [1.807, 2.05) is 0 Å². The molecule has 1 unspecified atom stereocenters. The Labute approximate surface area is 337 Å². The fourth-order valence-corrected chi connectivity index (χ4v) is 5.66. The summed E-state index contributed by atoms with van der Waals surface area (Å²) >= 11 is 0. The Bertz CT molecular complexity index is 1270. The van der Waals surface area contributed by atoms with E-state index in [2.05, 4.69) is 103 Å². The molecule has 0 bridgehead atoms. The van der Waals surface area contributed by atoms with Crippen LogP contribution in [0.15, 0.2) is 85.1 Å². The number of nitrogens with two attached hydrogens (primary N) is 1. The van der Waals surface area contributed by atoms with Gasteiger partial charge in [0.2, 0.25) is 0 Å². The predicted molar refractivity (Wildman–Crippen MR) is 226 cm³/mol. The summed E-state index contributed by atoms with van der Waals surface area (Å²) in [5.41, 5.74) is 5.32. The van der Waals surface area contributed by atoms with Crippen molar-refractivity contribution >= 4 is 25.7 Å². The monoisotopic (exact) mass is 805 g/mol. The van der Waals surface area contributed by atoms with E-state index in [0.717, 1.165) is 83.5 Å². The van der Waals surface area contributed by atoms with Gasteiger partial charge in [-0.15, -0.1) is 0 Å². The molecule has 0 heterocycles. The van der Waals surface area contributed by atoms with Gasteiger partial charge < -0.3 is 25.2 Å². The second-order valence-corrected chi connectivity index (χ2v) is 14.8. The molecule has 0 aromatic rings. The third-order valence-corrected chi connectivity index (χ3v) is 9.08. The molecule has 4 N–H and O–H groups in total. The van der Waals surface area contributed by atoms with E-state index >= 15 is 0 Å². The number of carbonyl (C=O) groups is 3. The van der Waals surface area contributed by atoms with Crippen LogP contribution in [0.3, 0.4) is 0 Å². The molecule has 11 nitrogen and oxygen atoms in total. The van der Waals surface area contributed by atoms with Crippen LogP contribution in [-0.4, -0.2) is 59.9 Å². The zero-order chi connectivity index (χ0) is 41.4. The lowest BCUT2D eigenvalue weighted by Crippen LogP contribution is -2.34. The third-order valence-electron chi connectivity index (χ3n) is 8.13. The molecule has 0 saturated heterocycles. The van der Waals surface area contributed by atoms with Crippen molar-refractivity contribution in [1.82, 2.24) is 0 Å². The summed E-state index contributed by atoms with van der Waals surface area (Å²) in [6.45, 7) is 2.57. The molecule has 0 aromatic heterocycles. The van der Waals surface area contributed by atoms with Crippen LogP contribution < -0.4 is 5.73 Å². The third kappa shape index (κ3) is 37.6. The highest BCUT2D eigenvalue weighted by molar-refractivity contribution is 7.47. The Balaban J connectivity index is 4.53. The number of carboxylic acid groups (broad SMARTS) is 1. The molecule has 0 fully saturated rings. The second-order valence-electron chi connectivity index (χ2n) is 13.4. The topological polar surface area (TPSA) is 172 Å². The fourth-order valence-electron chi connectivity index (χ4n) is 4.88. The quantitative estimate of drug-likeness (QED) is 0.0236. The molecule has 0 aliphatic heterocycles. The first kappa shape index (κ1) is 52.7. The standard InChI is InChI=1S/C44H72NO10P/c1-3-5-7-9-11-13-15-17-19-20-22-23-25-27-29-31-33-35-42(46)52-37-40(38-53-56(50,51)54-39-41(45)44(48)49)55-43(47)36-34-32-30-28-26-24-21-18-16-14-12-10-8-6-4-2/h6,8,11-14,17-19,21-23,26,28,40-41H,3-5,7,9-10,15-16,20,24-25,27,29-39,45H2,1-2H3,(H,48,49)(H,50,51)/b8-6+,13-11+,14-12+,19-17+,21-18+,23-22+,28-26+/t40-,41+/m1/s1. The maximum absolute atomic E-state index is 12.6. The number of carboxylic acids is 1. The summed E-state index contributed by atoms with van der Waals surface area (Å²) in [6.07, 6.45) is 46.5. The molecule has 318 valence electrons. The highest BCUT2D eigenvalue weighted by atomic mass is 31.2. The van der Waals surface area contributed by atoms with Crippen molar-refractivity contribution in [1.29, 1.82) is 0 Å². The van der Waals surface area contributed by atoms with Gasteiger partial charge in [-0.25, -0.2) is 4.57 Å². The number of carbonyl (C=O) groups excluding carboxylic acids is 2. The first-order valence-electron chi connectivity index (χ1n) is 20.6. The van der Waals surface area contributed by atoms with Gasteiger partial charge in [0.15, 0.2) is 6.10 Å². The van der Waals surface area contributed by atoms with Gasteiger partial charge in [-0.1, -0.05) is 125 Å². The number of rotatable bonds is 37. The van der Waals surface area contributed by atoms with Gasteiger partial charge in [-0.2, -0.15) is 0 Å². The Kier molecular flexibility index (Phi) is 36.2. The molecule has 0 amide bonds. The van der Waals surface area contributed by atoms with Crippen LogP contribution >= 0.6 is 7.82 Å². The maximum atomic E-state index is 12.6. The number of phosphoric ester groups is 1.